The highest BCUT2D eigenvalue weighted by Gasteiger charge is 2.27. The smallest absolute Gasteiger partial charge is 0.225 e. The van der Waals surface area contributed by atoms with Crippen LogP contribution in [0.25, 0.3) is 0 Å². The van der Waals surface area contributed by atoms with Crippen LogP contribution < -0.4 is 10.6 Å². The Hall–Kier alpha value is -2.12. The third-order valence-electron chi connectivity index (χ3n) is 6.47. The normalized spacial score (nSPS) is 20.7. The second-order valence-electron chi connectivity index (χ2n) is 9.38. The molecule has 0 spiro atoms. The molecule has 1 atom stereocenters. The standard InChI is InChI=1S/C25H42N6O/c1-21(2)24(32)31-14-11-23(20-31)28-25(26-3)27-12-7-8-13-29-15-17-30(18-16-29)19-22-9-5-4-6-10-22/h4-6,9-10,21,23H,7-8,11-20H2,1-3H3,(H2,26,27,28). The highest BCUT2D eigenvalue weighted by Crippen LogP contribution is 2.13. The van der Waals surface area contributed by atoms with E-state index in [9.17, 15) is 4.79 Å². The Morgan fingerprint density at radius 2 is 1.78 bits per heavy atom. The molecule has 2 N–H and O–H groups in total. The van der Waals surface area contributed by atoms with Crippen molar-refractivity contribution >= 4 is 11.9 Å². The summed E-state index contributed by atoms with van der Waals surface area (Å²) in [5.74, 6) is 1.17. The molecule has 0 aromatic heterocycles. The first-order chi connectivity index (χ1) is 15.5. The average molecular weight is 443 g/mol. The maximum atomic E-state index is 12.2. The number of piperazine rings is 1. The molecule has 178 valence electrons. The summed E-state index contributed by atoms with van der Waals surface area (Å²) in [7, 11) is 1.82. The van der Waals surface area contributed by atoms with Gasteiger partial charge in [0.25, 0.3) is 0 Å². The third-order valence-corrected chi connectivity index (χ3v) is 6.47. The number of carbonyl (C=O) groups is 1. The van der Waals surface area contributed by atoms with Crippen LogP contribution in [0.2, 0.25) is 0 Å². The number of benzene rings is 1. The van der Waals surface area contributed by atoms with E-state index in [0.717, 1.165) is 71.2 Å². The largest absolute Gasteiger partial charge is 0.356 e. The van der Waals surface area contributed by atoms with Crippen LogP contribution in [0.1, 0.15) is 38.7 Å². The van der Waals surface area contributed by atoms with Gasteiger partial charge in [0.05, 0.1) is 0 Å². The van der Waals surface area contributed by atoms with Crippen LogP contribution in [0.5, 0.6) is 0 Å². The monoisotopic (exact) mass is 442 g/mol. The Kier molecular flexibility index (Phi) is 9.81. The van der Waals surface area contributed by atoms with Gasteiger partial charge in [-0.3, -0.25) is 14.7 Å². The predicted octanol–water partition coefficient (Wildman–Crippen LogP) is 2.01. The molecular weight excluding hydrogens is 400 g/mol. The molecule has 1 amide bonds. The van der Waals surface area contributed by atoms with Crippen LogP contribution in [0.15, 0.2) is 35.3 Å². The number of likely N-dealkylation sites (tertiary alicyclic amines) is 1. The maximum Gasteiger partial charge on any atom is 0.225 e. The lowest BCUT2D eigenvalue weighted by atomic mass is 10.2. The molecule has 2 fully saturated rings. The van der Waals surface area contributed by atoms with Crippen LogP contribution in [0.3, 0.4) is 0 Å². The number of hydrogen-bond acceptors (Lipinski definition) is 4. The fraction of sp³-hybridized carbons (Fsp3) is 0.680. The number of carbonyl (C=O) groups excluding carboxylic acids is 1. The number of nitrogens with one attached hydrogen (secondary N) is 2. The Morgan fingerprint density at radius 3 is 2.47 bits per heavy atom. The van der Waals surface area contributed by atoms with Gasteiger partial charge >= 0.3 is 0 Å². The van der Waals surface area contributed by atoms with Crippen molar-refractivity contribution in [3.63, 3.8) is 0 Å². The predicted molar refractivity (Wildman–Crippen MR) is 132 cm³/mol. The molecule has 1 unspecified atom stereocenters. The van der Waals surface area contributed by atoms with Gasteiger partial charge in [-0.1, -0.05) is 44.2 Å². The molecular formula is C25H42N6O. The summed E-state index contributed by atoms with van der Waals surface area (Å²) in [5, 5.41) is 6.93. The summed E-state index contributed by atoms with van der Waals surface area (Å²) in [6.45, 7) is 13.3. The molecule has 1 aromatic carbocycles. The van der Waals surface area contributed by atoms with Gasteiger partial charge in [0, 0.05) is 71.4 Å². The van der Waals surface area contributed by atoms with Crippen LogP contribution in [0.4, 0.5) is 0 Å². The molecule has 0 saturated carbocycles. The number of nitrogens with zero attached hydrogens (tertiary/aromatic N) is 4. The quantitative estimate of drug-likeness (QED) is 0.348. The number of amides is 1. The van der Waals surface area contributed by atoms with E-state index in [1.165, 1.54) is 18.5 Å². The van der Waals surface area contributed by atoms with Gasteiger partial charge < -0.3 is 20.4 Å². The zero-order valence-electron chi connectivity index (χ0n) is 20.2. The lowest BCUT2D eigenvalue weighted by molar-refractivity contribution is -0.133. The van der Waals surface area contributed by atoms with Crippen molar-refractivity contribution in [2.75, 3.05) is 59.4 Å². The summed E-state index contributed by atoms with van der Waals surface area (Å²) < 4.78 is 0. The van der Waals surface area contributed by atoms with Gasteiger partial charge in [0.1, 0.15) is 0 Å². The SMILES string of the molecule is CN=C(NCCCCN1CCN(Cc2ccccc2)CC1)NC1CCN(C(=O)C(C)C)C1. The van der Waals surface area contributed by atoms with Crippen LogP contribution in [-0.4, -0.2) is 92.0 Å². The molecule has 0 radical (unpaired) electrons. The lowest BCUT2D eigenvalue weighted by Crippen LogP contribution is -2.46. The van der Waals surface area contributed by atoms with Gasteiger partial charge in [0.15, 0.2) is 5.96 Å². The van der Waals surface area contributed by atoms with Crippen LogP contribution in [0, 0.1) is 5.92 Å². The Morgan fingerprint density at radius 1 is 1.06 bits per heavy atom. The first-order valence-electron chi connectivity index (χ1n) is 12.3. The maximum absolute atomic E-state index is 12.2. The lowest BCUT2D eigenvalue weighted by Gasteiger charge is -2.34. The van der Waals surface area contributed by atoms with E-state index >= 15 is 0 Å². The van der Waals surface area contributed by atoms with E-state index < -0.39 is 0 Å². The van der Waals surface area contributed by atoms with Crippen molar-refractivity contribution < 1.29 is 4.79 Å². The fourth-order valence-corrected chi connectivity index (χ4v) is 4.51. The molecule has 0 aliphatic carbocycles. The minimum absolute atomic E-state index is 0.0676. The molecule has 7 nitrogen and oxygen atoms in total. The second kappa shape index (κ2) is 12.8. The van der Waals surface area contributed by atoms with Crippen molar-refractivity contribution in [3.8, 4) is 0 Å². The van der Waals surface area contributed by atoms with E-state index in [0.29, 0.717) is 0 Å². The second-order valence-corrected chi connectivity index (χ2v) is 9.38. The van der Waals surface area contributed by atoms with Gasteiger partial charge in [0.2, 0.25) is 5.91 Å². The van der Waals surface area contributed by atoms with E-state index in [2.05, 4.69) is 55.8 Å². The van der Waals surface area contributed by atoms with Crippen molar-refractivity contribution in [1.82, 2.24) is 25.3 Å². The Balaban J connectivity index is 1.24. The fourth-order valence-electron chi connectivity index (χ4n) is 4.51. The van der Waals surface area contributed by atoms with Gasteiger partial charge in [-0.25, -0.2) is 0 Å². The number of unbranched alkanes of at least 4 members (excludes halogenated alkanes) is 1. The Labute approximate surface area is 194 Å². The summed E-state index contributed by atoms with van der Waals surface area (Å²) in [4.78, 5) is 23.6. The van der Waals surface area contributed by atoms with Crippen LogP contribution in [-0.2, 0) is 11.3 Å². The van der Waals surface area contributed by atoms with Crippen LogP contribution >= 0.6 is 0 Å². The zero-order chi connectivity index (χ0) is 22.8. The van der Waals surface area contributed by atoms with Gasteiger partial charge in [-0.2, -0.15) is 0 Å². The summed E-state index contributed by atoms with van der Waals surface area (Å²) in [5.41, 5.74) is 1.41. The van der Waals surface area contributed by atoms with E-state index in [4.69, 9.17) is 0 Å². The van der Waals surface area contributed by atoms with Crippen molar-refractivity contribution in [2.24, 2.45) is 10.9 Å². The molecule has 0 bridgehead atoms. The highest BCUT2D eigenvalue weighted by molar-refractivity contribution is 5.81. The van der Waals surface area contributed by atoms with Crippen molar-refractivity contribution in [1.29, 1.82) is 0 Å². The number of aliphatic imine (C=N–C) groups is 1. The third kappa shape index (κ3) is 7.78. The van der Waals surface area contributed by atoms with Gasteiger partial charge in [-0.05, 0) is 31.4 Å². The zero-order valence-corrected chi connectivity index (χ0v) is 20.2. The summed E-state index contributed by atoms with van der Waals surface area (Å²) in [6.07, 6.45) is 3.31. The van der Waals surface area contributed by atoms with Gasteiger partial charge in [-0.15, -0.1) is 0 Å². The number of guanidine groups is 1. The molecule has 2 aliphatic heterocycles. The minimum Gasteiger partial charge on any atom is -0.356 e. The van der Waals surface area contributed by atoms with Crippen molar-refractivity contribution in [2.45, 2.75) is 45.7 Å². The Bertz CT molecular complexity index is 714. The average Bonchev–Trinajstić information content (AvgIpc) is 3.27. The molecule has 2 aliphatic rings. The molecule has 32 heavy (non-hydrogen) atoms. The summed E-state index contributed by atoms with van der Waals surface area (Å²) >= 11 is 0. The summed E-state index contributed by atoms with van der Waals surface area (Å²) in [6, 6.07) is 11.1. The molecule has 7 heteroatoms. The first-order valence-corrected chi connectivity index (χ1v) is 12.3. The molecule has 3 rings (SSSR count). The highest BCUT2D eigenvalue weighted by atomic mass is 16.2. The molecule has 1 aromatic rings. The van der Waals surface area contributed by atoms with E-state index in [1.807, 2.05) is 25.8 Å². The number of hydrogen-bond donors (Lipinski definition) is 2. The number of rotatable bonds is 9. The van der Waals surface area contributed by atoms with E-state index in [1.54, 1.807) is 0 Å². The van der Waals surface area contributed by atoms with E-state index in [-0.39, 0.29) is 17.9 Å². The minimum atomic E-state index is 0.0676. The first kappa shape index (κ1) is 24.5. The van der Waals surface area contributed by atoms with Crippen molar-refractivity contribution in [3.05, 3.63) is 35.9 Å². The molecule has 2 heterocycles. The topological polar surface area (TPSA) is 63.2 Å². The molecule has 2 saturated heterocycles.